The van der Waals surface area contributed by atoms with Crippen LogP contribution in [0.4, 0.5) is 0 Å². The van der Waals surface area contributed by atoms with Crippen molar-refractivity contribution in [3.05, 3.63) is 18.2 Å². The Morgan fingerprint density at radius 3 is 2.89 bits per heavy atom. The molecule has 1 aliphatic carbocycles. The smallest absolute Gasteiger partial charge is 0.110 e. The fourth-order valence-corrected chi connectivity index (χ4v) is 2.74. The van der Waals surface area contributed by atoms with Crippen LogP contribution in [0.3, 0.4) is 0 Å². The third-order valence-electron chi connectivity index (χ3n) is 4.12. The van der Waals surface area contributed by atoms with Crippen LogP contribution in [0.15, 0.2) is 12.4 Å². The van der Waals surface area contributed by atoms with Gasteiger partial charge in [0, 0.05) is 38.5 Å². The molecule has 1 aromatic rings. The summed E-state index contributed by atoms with van der Waals surface area (Å²) in [5.74, 6) is 6.77. The SMILES string of the molecule is CCn1ccnc1CC(CC1(OC)CCC1)NN. The first-order valence-corrected chi connectivity index (χ1v) is 6.74. The third kappa shape index (κ3) is 2.74. The molecule has 0 bridgehead atoms. The first-order chi connectivity index (χ1) is 8.73. The zero-order valence-corrected chi connectivity index (χ0v) is 11.4. The van der Waals surface area contributed by atoms with E-state index >= 15 is 0 Å². The Morgan fingerprint density at radius 2 is 2.39 bits per heavy atom. The van der Waals surface area contributed by atoms with Crippen LogP contribution in [0.25, 0.3) is 0 Å². The zero-order valence-electron chi connectivity index (χ0n) is 11.4. The van der Waals surface area contributed by atoms with Gasteiger partial charge >= 0.3 is 0 Å². The second kappa shape index (κ2) is 5.82. The van der Waals surface area contributed by atoms with Crippen molar-refractivity contribution < 1.29 is 4.74 Å². The number of hydrogen-bond donors (Lipinski definition) is 2. The van der Waals surface area contributed by atoms with E-state index in [4.69, 9.17) is 10.6 Å². The summed E-state index contributed by atoms with van der Waals surface area (Å²) < 4.78 is 7.82. The Balaban J connectivity index is 1.97. The van der Waals surface area contributed by atoms with Crippen LogP contribution in [0.1, 0.15) is 38.4 Å². The summed E-state index contributed by atoms with van der Waals surface area (Å²) in [6.45, 7) is 3.07. The van der Waals surface area contributed by atoms with Crippen molar-refractivity contribution >= 4 is 0 Å². The van der Waals surface area contributed by atoms with E-state index in [1.807, 2.05) is 12.4 Å². The molecule has 0 saturated heterocycles. The second-order valence-electron chi connectivity index (χ2n) is 5.14. The average molecular weight is 252 g/mol. The molecule has 0 amide bonds. The van der Waals surface area contributed by atoms with E-state index in [1.54, 1.807) is 7.11 Å². The van der Waals surface area contributed by atoms with E-state index < -0.39 is 0 Å². The standard InChI is InChI=1S/C13H24N4O/c1-3-17-8-7-15-12(17)9-11(16-14)10-13(18-2)5-4-6-13/h7-8,11,16H,3-6,9-10,14H2,1-2H3. The molecule has 18 heavy (non-hydrogen) atoms. The van der Waals surface area contributed by atoms with E-state index in [2.05, 4.69) is 21.9 Å². The molecule has 0 radical (unpaired) electrons. The number of rotatable bonds is 7. The summed E-state index contributed by atoms with van der Waals surface area (Å²) in [5.41, 5.74) is 2.96. The van der Waals surface area contributed by atoms with Gasteiger partial charge in [0.2, 0.25) is 0 Å². The first kappa shape index (κ1) is 13.5. The normalized spacial score (nSPS) is 19.5. The zero-order chi connectivity index (χ0) is 13.0. The van der Waals surface area contributed by atoms with E-state index in [0.29, 0.717) is 0 Å². The van der Waals surface area contributed by atoms with Gasteiger partial charge in [-0.05, 0) is 32.6 Å². The van der Waals surface area contributed by atoms with Crippen molar-refractivity contribution in [3.8, 4) is 0 Å². The summed E-state index contributed by atoms with van der Waals surface area (Å²) in [7, 11) is 1.81. The molecule has 2 rings (SSSR count). The number of nitrogens with one attached hydrogen (secondary N) is 1. The molecule has 3 N–H and O–H groups in total. The van der Waals surface area contributed by atoms with E-state index in [0.717, 1.165) is 38.1 Å². The average Bonchev–Trinajstić information content (AvgIpc) is 2.79. The highest BCUT2D eigenvalue weighted by Crippen LogP contribution is 2.39. The number of ether oxygens (including phenoxy) is 1. The highest BCUT2D eigenvalue weighted by molar-refractivity contribution is 4.99. The van der Waals surface area contributed by atoms with Gasteiger partial charge in [-0.15, -0.1) is 0 Å². The van der Waals surface area contributed by atoms with Crippen molar-refractivity contribution in [3.63, 3.8) is 0 Å². The summed E-state index contributed by atoms with van der Waals surface area (Å²) in [4.78, 5) is 4.40. The summed E-state index contributed by atoms with van der Waals surface area (Å²) in [5, 5.41) is 0. The van der Waals surface area contributed by atoms with E-state index in [9.17, 15) is 0 Å². The second-order valence-corrected chi connectivity index (χ2v) is 5.14. The number of hydrazine groups is 1. The maximum atomic E-state index is 5.68. The molecule has 1 saturated carbocycles. The molecule has 102 valence electrons. The van der Waals surface area contributed by atoms with Crippen LogP contribution in [0.2, 0.25) is 0 Å². The third-order valence-corrected chi connectivity index (χ3v) is 4.12. The van der Waals surface area contributed by atoms with Crippen molar-refractivity contribution in [1.29, 1.82) is 0 Å². The molecule has 1 aromatic heterocycles. The van der Waals surface area contributed by atoms with E-state index in [-0.39, 0.29) is 11.6 Å². The van der Waals surface area contributed by atoms with Crippen LogP contribution in [0.5, 0.6) is 0 Å². The Labute approximate surface area is 109 Å². The van der Waals surface area contributed by atoms with Gasteiger partial charge in [0.1, 0.15) is 5.82 Å². The Bertz CT molecular complexity index is 367. The predicted molar refractivity (Wildman–Crippen MR) is 70.9 cm³/mol. The maximum absolute atomic E-state index is 5.68. The minimum atomic E-state index is 0.0423. The fourth-order valence-electron chi connectivity index (χ4n) is 2.74. The van der Waals surface area contributed by atoms with Crippen molar-refractivity contribution in [2.75, 3.05) is 7.11 Å². The number of aromatic nitrogens is 2. The van der Waals surface area contributed by atoms with Gasteiger partial charge in [-0.3, -0.25) is 11.3 Å². The van der Waals surface area contributed by atoms with Crippen LogP contribution in [-0.4, -0.2) is 28.3 Å². The van der Waals surface area contributed by atoms with Crippen LogP contribution in [-0.2, 0) is 17.7 Å². The Kier molecular flexibility index (Phi) is 4.37. The molecule has 5 nitrogen and oxygen atoms in total. The molecule has 1 unspecified atom stereocenters. The monoisotopic (exact) mass is 252 g/mol. The lowest BCUT2D eigenvalue weighted by Gasteiger charge is -2.42. The van der Waals surface area contributed by atoms with Crippen molar-refractivity contribution in [1.82, 2.24) is 15.0 Å². The molecular formula is C13H24N4O. The van der Waals surface area contributed by atoms with Crippen LogP contribution >= 0.6 is 0 Å². The highest BCUT2D eigenvalue weighted by Gasteiger charge is 2.39. The quantitative estimate of drug-likeness (QED) is 0.566. The number of nitrogens with two attached hydrogens (primary N) is 1. The molecule has 5 heteroatoms. The largest absolute Gasteiger partial charge is 0.378 e. The van der Waals surface area contributed by atoms with Gasteiger partial charge in [0.05, 0.1) is 5.60 Å². The summed E-state index contributed by atoms with van der Waals surface area (Å²) in [6.07, 6.45) is 9.21. The van der Waals surface area contributed by atoms with Crippen molar-refractivity contribution in [2.45, 2.75) is 57.2 Å². The number of aryl methyl sites for hydroxylation is 1. The lowest BCUT2D eigenvalue weighted by Crippen LogP contribution is -2.48. The topological polar surface area (TPSA) is 65.1 Å². The number of imidazole rings is 1. The van der Waals surface area contributed by atoms with Gasteiger partial charge in [-0.25, -0.2) is 4.98 Å². The molecule has 1 fully saturated rings. The predicted octanol–water partition coefficient (Wildman–Crippen LogP) is 1.24. The molecule has 0 aromatic carbocycles. The number of hydrogen-bond acceptors (Lipinski definition) is 4. The molecule has 0 aliphatic heterocycles. The van der Waals surface area contributed by atoms with Gasteiger partial charge in [0.15, 0.2) is 0 Å². The first-order valence-electron chi connectivity index (χ1n) is 6.74. The molecule has 1 aliphatic rings. The lowest BCUT2D eigenvalue weighted by atomic mass is 9.75. The van der Waals surface area contributed by atoms with Gasteiger partial charge in [0.25, 0.3) is 0 Å². The molecule has 1 heterocycles. The van der Waals surface area contributed by atoms with Crippen LogP contribution < -0.4 is 11.3 Å². The van der Waals surface area contributed by atoms with Crippen molar-refractivity contribution in [2.24, 2.45) is 5.84 Å². The molecular weight excluding hydrogens is 228 g/mol. The summed E-state index contributed by atoms with van der Waals surface area (Å²) in [6, 6.07) is 0.220. The minimum Gasteiger partial charge on any atom is -0.378 e. The Morgan fingerprint density at radius 1 is 1.61 bits per heavy atom. The molecule has 1 atom stereocenters. The van der Waals surface area contributed by atoms with Crippen LogP contribution in [0, 0.1) is 0 Å². The van der Waals surface area contributed by atoms with Gasteiger partial charge in [-0.2, -0.15) is 0 Å². The Hall–Kier alpha value is -0.910. The highest BCUT2D eigenvalue weighted by atomic mass is 16.5. The lowest BCUT2D eigenvalue weighted by molar-refractivity contribution is -0.0835. The molecule has 0 spiro atoms. The maximum Gasteiger partial charge on any atom is 0.110 e. The summed E-state index contributed by atoms with van der Waals surface area (Å²) >= 11 is 0. The number of methoxy groups -OCH3 is 1. The fraction of sp³-hybridized carbons (Fsp3) is 0.769. The van der Waals surface area contributed by atoms with Gasteiger partial charge in [-0.1, -0.05) is 0 Å². The van der Waals surface area contributed by atoms with E-state index in [1.165, 1.54) is 6.42 Å². The van der Waals surface area contributed by atoms with Gasteiger partial charge < -0.3 is 9.30 Å². The number of nitrogens with zero attached hydrogens (tertiary/aromatic N) is 2. The minimum absolute atomic E-state index is 0.0423.